The molecule has 0 bridgehead atoms. The second kappa shape index (κ2) is 7.37. The fourth-order valence-corrected chi connectivity index (χ4v) is 4.32. The Balaban J connectivity index is 1.36. The lowest BCUT2D eigenvalue weighted by molar-refractivity contribution is -0.126. The first-order valence-corrected chi connectivity index (χ1v) is 10.1. The highest BCUT2D eigenvalue weighted by atomic mass is 16.5. The number of hydrogen-bond donors (Lipinski definition) is 1. The maximum Gasteiger partial charge on any atom is 0.270 e. The van der Waals surface area contributed by atoms with Crippen LogP contribution in [-0.2, 0) is 26.5 Å². The van der Waals surface area contributed by atoms with E-state index in [2.05, 4.69) is 10.3 Å². The molecule has 1 N–H and O–H groups in total. The molecule has 0 radical (unpaired) electrons. The summed E-state index contributed by atoms with van der Waals surface area (Å²) in [5, 5.41) is 2.78. The molecule has 1 fully saturated rings. The van der Waals surface area contributed by atoms with E-state index in [-0.39, 0.29) is 18.2 Å². The normalized spacial score (nSPS) is 25.3. The molecular weight excluding hydrogens is 386 g/mol. The number of para-hydroxylation sites is 2. The van der Waals surface area contributed by atoms with E-state index in [9.17, 15) is 9.59 Å². The number of nitrogens with one attached hydrogen (secondary N) is 1. The van der Waals surface area contributed by atoms with Crippen LogP contribution in [0.3, 0.4) is 0 Å². The van der Waals surface area contributed by atoms with Crippen molar-refractivity contribution in [1.29, 1.82) is 0 Å². The third-order valence-electron chi connectivity index (χ3n) is 5.98. The number of carbonyl (C=O) groups excluding carboxylic acids is 2. The quantitative estimate of drug-likeness (QED) is 0.813. The average Bonchev–Trinajstić information content (AvgIpc) is 3.07. The second-order valence-electron chi connectivity index (χ2n) is 7.87. The molecule has 0 aliphatic carbocycles. The fraction of sp³-hybridized carbons (Fsp3) is 0.409. The molecule has 1 saturated heterocycles. The molecule has 3 aliphatic heterocycles. The predicted octanol–water partition coefficient (Wildman–Crippen LogP) is 1.77. The van der Waals surface area contributed by atoms with Crippen LogP contribution in [0.15, 0.2) is 36.5 Å². The van der Waals surface area contributed by atoms with Crippen molar-refractivity contribution in [3.63, 3.8) is 0 Å². The number of pyridine rings is 1. The van der Waals surface area contributed by atoms with Crippen molar-refractivity contribution in [2.75, 3.05) is 31.8 Å². The minimum atomic E-state index is -0.812. The van der Waals surface area contributed by atoms with Gasteiger partial charge in [0.2, 0.25) is 0 Å². The average molecular weight is 409 g/mol. The zero-order chi connectivity index (χ0) is 20.7. The summed E-state index contributed by atoms with van der Waals surface area (Å²) >= 11 is 0. The summed E-state index contributed by atoms with van der Waals surface area (Å²) in [5.74, 6) is -0.0510. The van der Waals surface area contributed by atoms with Gasteiger partial charge in [0.25, 0.3) is 11.8 Å². The number of nitrogens with zero attached hydrogens (tertiary/aromatic N) is 2. The molecule has 8 nitrogen and oxygen atoms in total. The van der Waals surface area contributed by atoms with Crippen LogP contribution in [0.1, 0.15) is 34.5 Å². The molecule has 1 spiro atoms. The minimum Gasteiger partial charge on any atom is -0.489 e. The highest BCUT2D eigenvalue weighted by Gasteiger charge is 2.42. The Morgan fingerprint density at radius 1 is 1.33 bits per heavy atom. The van der Waals surface area contributed by atoms with Crippen molar-refractivity contribution >= 4 is 17.5 Å². The van der Waals surface area contributed by atoms with E-state index in [0.717, 1.165) is 30.6 Å². The zero-order valence-electron chi connectivity index (χ0n) is 16.7. The van der Waals surface area contributed by atoms with E-state index in [1.54, 1.807) is 25.4 Å². The first kappa shape index (κ1) is 19.0. The first-order valence-electron chi connectivity index (χ1n) is 10.1. The van der Waals surface area contributed by atoms with Crippen molar-refractivity contribution in [3.8, 4) is 5.75 Å². The third-order valence-corrected chi connectivity index (χ3v) is 5.98. The lowest BCUT2D eigenvalue weighted by Crippen LogP contribution is -2.49. The topological polar surface area (TPSA) is 90.0 Å². The number of fused-ring (bicyclic) bond motifs is 3. The number of amides is 2. The van der Waals surface area contributed by atoms with Crippen LogP contribution in [-0.4, -0.2) is 49.7 Å². The Bertz CT molecular complexity index is 997. The molecular formula is C22H23N3O5. The highest BCUT2D eigenvalue weighted by Crippen LogP contribution is 2.42. The highest BCUT2D eigenvalue weighted by molar-refractivity contribution is 6.02. The molecule has 1 unspecified atom stereocenters. The van der Waals surface area contributed by atoms with Gasteiger partial charge in [0.15, 0.2) is 0 Å². The molecule has 1 aromatic carbocycles. The Morgan fingerprint density at radius 2 is 2.20 bits per heavy atom. The molecule has 8 heteroatoms. The van der Waals surface area contributed by atoms with Gasteiger partial charge >= 0.3 is 0 Å². The van der Waals surface area contributed by atoms with Gasteiger partial charge < -0.3 is 24.4 Å². The van der Waals surface area contributed by atoms with Crippen LogP contribution in [0.4, 0.5) is 5.69 Å². The van der Waals surface area contributed by atoms with Gasteiger partial charge in [0, 0.05) is 25.4 Å². The number of hydrogen-bond acceptors (Lipinski definition) is 6. The number of likely N-dealkylation sites (N-methyl/N-ethyl adjacent to an activating group) is 1. The Morgan fingerprint density at radius 3 is 3.03 bits per heavy atom. The smallest absolute Gasteiger partial charge is 0.270 e. The van der Waals surface area contributed by atoms with E-state index in [1.165, 1.54) is 4.90 Å². The van der Waals surface area contributed by atoms with Crippen LogP contribution >= 0.6 is 0 Å². The first-order chi connectivity index (χ1) is 14.6. The summed E-state index contributed by atoms with van der Waals surface area (Å²) in [4.78, 5) is 31.6. The van der Waals surface area contributed by atoms with Gasteiger partial charge in [-0.15, -0.1) is 0 Å². The van der Waals surface area contributed by atoms with Crippen LogP contribution in [0.25, 0.3) is 0 Å². The monoisotopic (exact) mass is 409 g/mol. The van der Waals surface area contributed by atoms with E-state index >= 15 is 0 Å². The van der Waals surface area contributed by atoms with Gasteiger partial charge in [-0.3, -0.25) is 14.6 Å². The number of carbonyl (C=O) groups is 2. The maximum atomic E-state index is 12.9. The molecule has 30 heavy (non-hydrogen) atoms. The van der Waals surface area contributed by atoms with Crippen LogP contribution in [0.5, 0.6) is 5.75 Å². The molecule has 2 amide bonds. The van der Waals surface area contributed by atoms with Crippen molar-refractivity contribution in [2.24, 2.45) is 0 Å². The molecule has 1 aromatic heterocycles. The number of ether oxygens (including phenoxy) is 3. The van der Waals surface area contributed by atoms with E-state index in [1.807, 2.05) is 18.2 Å². The Hall–Kier alpha value is -2.97. The van der Waals surface area contributed by atoms with E-state index in [4.69, 9.17) is 14.2 Å². The molecule has 2 aromatic rings. The van der Waals surface area contributed by atoms with Crippen LogP contribution in [0.2, 0.25) is 0 Å². The molecule has 5 rings (SSSR count). The lowest BCUT2D eigenvalue weighted by atomic mass is 9.88. The summed E-state index contributed by atoms with van der Waals surface area (Å²) < 4.78 is 17.5. The van der Waals surface area contributed by atoms with Gasteiger partial charge in [-0.25, -0.2) is 0 Å². The number of benzene rings is 1. The molecule has 156 valence electrons. The number of anilines is 1. The summed E-state index contributed by atoms with van der Waals surface area (Å²) in [6, 6.07) is 8.26. The van der Waals surface area contributed by atoms with Crippen molar-refractivity contribution in [1.82, 2.24) is 10.3 Å². The maximum absolute atomic E-state index is 12.9. The standard InChI is InChI=1S/C22H23N3O5/c1-25-18-5-2-3-6-19(18)29-12-17(21(25)27)24-20(26)16-9-15-14(10-23-16)11-30-22(15)7-4-8-28-13-22/h2-3,5-6,9-10,17H,4,7-8,11-13H2,1H3,(H,24,26)/t17-,22?/m0/s1. The van der Waals surface area contributed by atoms with Gasteiger partial charge in [-0.2, -0.15) is 0 Å². The Labute approximate surface area is 174 Å². The predicted molar refractivity (Wildman–Crippen MR) is 107 cm³/mol. The number of rotatable bonds is 2. The van der Waals surface area contributed by atoms with Crippen molar-refractivity contribution in [2.45, 2.75) is 31.1 Å². The van der Waals surface area contributed by atoms with Gasteiger partial charge in [-0.1, -0.05) is 12.1 Å². The van der Waals surface area contributed by atoms with Crippen molar-refractivity contribution < 1.29 is 23.8 Å². The fourth-order valence-electron chi connectivity index (χ4n) is 4.32. The summed E-state index contributed by atoms with van der Waals surface area (Å²) in [6.07, 6.45) is 3.44. The molecule has 0 saturated carbocycles. The summed E-state index contributed by atoms with van der Waals surface area (Å²) in [7, 11) is 1.67. The third kappa shape index (κ3) is 3.12. The minimum absolute atomic E-state index is 0.0533. The number of aromatic nitrogens is 1. The van der Waals surface area contributed by atoms with Gasteiger partial charge in [-0.05, 0) is 36.6 Å². The summed E-state index contributed by atoms with van der Waals surface area (Å²) in [5.41, 5.74) is 2.35. The molecule has 2 atom stereocenters. The second-order valence-corrected chi connectivity index (χ2v) is 7.87. The van der Waals surface area contributed by atoms with E-state index in [0.29, 0.717) is 24.7 Å². The molecule has 4 heterocycles. The van der Waals surface area contributed by atoms with E-state index < -0.39 is 17.6 Å². The van der Waals surface area contributed by atoms with Crippen LogP contribution < -0.4 is 15.0 Å². The van der Waals surface area contributed by atoms with Gasteiger partial charge in [0.1, 0.15) is 29.7 Å². The van der Waals surface area contributed by atoms with Crippen molar-refractivity contribution in [3.05, 3.63) is 53.3 Å². The Kier molecular flexibility index (Phi) is 4.67. The summed E-state index contributed by atoms with van der Waals surface area (Å²) in [6.45, 7) is 1.71. The van der Waals surface area contributed by atoms with Crippen LogP contribution in [0, 0.1) is 0 Å². The zero-order valence-corrected chi connectivity index (χ0v) is 16.7. The molecule has 3 aliphatic rings. The van der Waals surface area contributed by atoms with Gasteiger partial charge in [0.05, 0.1) is 18.9 Å². The lowest BCUT2D eigenvalue weighted by Gasteiger charge is -2.33. The largest absolute Gasteiger partial charge is 0.489 e. The SMILES string of the molecule is CN1C(=O)[C@@H](NC(=O)c2cc3c(cn2)COC32CCCOC2)COc2ccccc21.